The first-order chi connectivity index (χ1) is 23.1. The Kier molecular flexibility index (Phi) is 9.31. The number of azo groups is 1. The summed E-state index contributed by atoms with van der Waals surface area (Å²) in [5, 5.41) is 23.3. The maximum Gasteiger partial charge on any atom is 0.315 e. The van der Waals surface area contributed by atoms with Gasteiger partial charge in [0.2, 0.25) is 11.9 Å². The molecular formula is C28H26FN8O10S3+. The molecule has 0 atom stereocenters. The second kappa shape index (κ2) is 12.9. The lowest BCUT2D eigenvalue weighted by molar-refractivity contribution is 0.445. The predicted molar refractivity (Wildman–Crippen MR) is 178 cm³/mol. The van der Waals surface area contributed by atoms with Gasteiger partial charge in [-0.15, -0.1) is 10.2 Å². The van der Waals surface area contributed by atoms with Gasteiger partial charge in [0.05, 0.1) is 26.0 Å². The van der Waals surface area contributed by atoms with Crippen LogP contribution in [0.2, 0.25) is 0 Å². The van der Waals surface area contributed by atoms with Gasteiger partial charge < -0.3 is 15.7 Å². The van der Waals surface area contributed by atoms with Gasteiger partial charge in [-0.3, -0.25) is 18.1 Å². The molecule has 0 amide bonds. The van der Waals surface area contributed by atoms with Crippen molar-refractivity contribution in [2.75, 3.05) is 31.8 Å². The average Bonchev–Trinajstić information content (AvgIpc) is 2.98. The largest absolute Gasteiger partial charge is 0.504 e. The predicted octanol–water partition coefficient (Wildman–Crippen LogP) is 4.71. The van der Waals surface area contributed by atoms with Crippen LogP contribution in [0.15, 0.2) is 91.6 Å². The topological polar surface area (TPSA) is 271 Å². The Morgan fingerprint density at radius 2 is 1.26 bits per heavy atom. The molecule has 0 aliphatic carbocycles. The van der Waals surface area contributed by atoms with E-state index in [1.54, 1.807) is 12.1 Å². The lowest BCUT2D eigenvalue weighted by Crippen LogP contribution is -2.34. The van der Waals surface area contributed by atoms with E-state index in [0.29, 0.717) is 16.2 Å². The van der Waals surface area contributed by atoms with Crippen LogP contribution in [0.25, 0.3) is 10.8 Å². The highest BCUT2D eigenvalue weighted by molar-refractivity contribution is 7.86. The minimum Gasteiger partial charge on any atom is -0.504 e. The highest BCUT2D eigenvalue weighted by Gasteiger charge is 2.24. The fourth-order valence-electron chi connectivity index (χ4n) is 4.50. The molecule has 6 N–H and O–H groups in total. The number of hydrogen-bond donors (Lipinski definition) is 6. The number of fused-ring (bicyclic) bond motifs is 1. The Labute approximate surface area is 283 Å². The molecular weight excluding hydrogens is 724 g/mol. The highest BCUT2D eigenvalue weighted by atomic mass is 32.2. The monoisotopic (exact) mass is 749 g/mol. The van der Waals surface area contributed by atoms with Crippen molar-refractivity contribution in [1.82, 2.24) is 19.4 Å². The average molecular weight is 750 g/mol. The van der Waals surface area contributed by atoms with E-state index in [1.807, 2.05) is 33.3 Å². The number of nitrogens with zero attached hydrogens (tertiary/aromatic N) is 6. The van der Waals surface area contributed by atoms with Gasteiger partial charge in [-0.25, -0.2) is 0 Å². The summed E-state index contributed by atoms with van der Waals surface area (Å²) in [5.74, 6) is -1.69. The van der Waals surface area contributed by atoms with E-state index in [4.69, 9.17) is 0 Å². The number of halogens is 1. The number of benzene rings is 4. The number of phenolic OH excluding ortho intramolecular Hbond substituents is 1. The lowest BCUT2D eigenvalue weighted by atomic mass is 10.1. The Balaban J connectivity index is 1.54. The molecule has 0 saturated carbocycles. The minimum atomic E-state index is -5.15. The van der Waals surface area contributed by atoms with E-state index in [9.17, 15) is 48.4 Å². The standard InChI is InChI=1S/C28H25FN8O10S3/c1-37(2,3)18-7-4-16(5-8-18)30-27-32-26(29)33-28(34-27)31-17-6-11-22(49(42,43)44)21(14-17)35-36-24-20-10-9-19(48(39,40)41)12-15(20)13-23(25(24)38)50(45,46)47/h4-14H,1-3H3,(H5-,30,31,32,33,34,35,38,39,40,41,42,43,44,45,46,47)/p+1. The quantitative estimate of drug-likeness (QED) is 0.0641. The van der Waals surface area contributed by atoms with Gasteiger partial charge in [-0.05, 0) is 53.9 Å². The second-order valence-electron chi connectivity index (χ2n) is 11.3. The molecule has 0 radical (unpaired) electrons. The van der Waals surface area contributed by atoms with E-state index >= 15 is 0 Å². The molecule has 0 saturated heterocycles. The molecule has 0 aliphatic rings. The number of quaternary nitrogens is 1. The molecule has 4 aromatic carbocycles. The molecule has 1 aromatic heterocycles. The summed E-state index contributed by atoms with van der Waals surface area (Å²) < 4.78 is 115. The molecule has 22 heteroatoms. The van der Waals surface area contributed by atoms with Gasteiger partial charge in [-0.2, -0.15) is 44.6 Å². The lowest BCUT2D eigenvalue weighted by Gasteiger charge is -2.23. The Bertz CT molecular complexity index is 2530. The van der Waals surface area contributed by atoms with Crippen LogP contribution >= 0.6 is 0 Å². The Morgan fingerprint density at radius 3 is 1.82 bits per heavy atom. The van der Waals surface area contributed by atoms with Crippen molar-refractivity contribution in [2.24, 2.45) is 10.2 Å². The van der Waals surface area contributed by atoms with Crippen LogP contribution in [-0.2, 0) is 30.4 Å². The molecule has 5 rings (SSSR count). The van der Waals surface area contributed by atoms with Gasteiger partial charge in [0.15, 0.2) is 5.75 Å². The number of hydrogen-bond acceptors (Lipinski definition) is 14. The number of anilines is 4. The van der Waals surface area contributed by atoms with Gasteiger partial charge in [-0.1, -0.05) is 6.07 Å². The first-order valence-corrected chi connectivity index (χ1v) is 18.1. The van der Waals surface area contributed by atoms with Crippen LogP contribution in [0.1, 0.15) is 0 Å². The summed E-state index contributed by atoms with van der Waals surface area (Å²) in [7, 11) is -8.96. The zero-order valence-electron chi connectivity index (χ0n) is 25.9. The summed E-state index contributed by atoms with van der Waals surface area (Å²) in [4.78, 5) is 8.71. The maximum atomic E-state index is 14.4. The van der Waals surface area contributed by atoms with Crippen LogP contribution in [0.5, 0.6) is 5.75 Å². The van der Waals surface area contributed by atoms with Crippen LogP contribution in [0.4, 0.5) is 44.7 Å². The third-order valence-electron chi connectivity index (χ3n) is 6.86. The normalized spacial score (nSPS) is 12.8. The molecule has 0 bridgehead atoms. The van der Waals surface area contributed by atoms with E-state index in [1.165, 1.54) is 0 Å². The number of aromatic nitrogens is 3. The molecule has 5 aromatic rings. The third-order valence-corrected chi connectivity index (χ3v) is 9.47. The molecule has 1 heterocycles. The molecule has 18 nitrogen and oxygen atoms in total. The number of nitrogens with one attached hydrogen (secondary N) is 2. The van der Waals surface area contributed by atoms with Crippen molar-refractivity contribution < 1.29 is 48.4 Å². The molecule has 0 fully saturated rings. The molecule has 0 spiro atoms. The molecule has 0 unspecified atom stereocenters. The zero-order chi connectivity index (χ0) is 36.8. The SMILES string of the molecule is C[N+](C)(C)c1ccc(Nc2nc(F)nc(Nc3ccc(S(=O)(=O)O)c(N=Nc4c(O)c(S(=O)(=O)O)cc5cc(S(=O)(=O)O)ccc45)c3)n2)cc1. The minimum absolute atomic E-state index is 0.0197. The molecule has 0 aliphatic heterocycles. The van der Waals surface area contributed by atoms with E-state index in [0.717, 1.165) is 42.1 Å². The molecule has 50 heavy (non-hydrogen) atoms. The summed E-state index contributed by atoms with van der Waals surface area (Å²) >= 11 is 0. The van der Waals surface area contributed by atoms with Crippen LogP contribution in [-0.4, -0.2) is 80.1 Å². The first-order valence-electron chi connectivity index (χ1n) is 13.8. The zero-order valence-corrected chi connectivity index (χ0v) is 28.3. The first kappa shape index (κ1) is 36.1. The van der Waals surface area contributed by atoms with E-state index in [2.05, 4.69) is 35.8 Å². The van der Waals surface area contributed by atoms with Crippen molar-refractivity contribution in [1.29, 1.82) is 0 Å². The van der Waals surface area contributed by atoms with Crippen molar-refractivity contribution in [3.05, 3.63) is 72.8 Å². The van der Waals surface area contributed by atoms with Gasteiger partial charge >= 0.3 is 6.08 Å². The molecule has 262 valence electrons. The van der Waals surface area contributed by atoms with Crippen LogP contribution in [0.3, 0.4) is 0 Å². The van der Waals surface area contributed by atoms with E-state index < -0.39 is 68.2 Å². The van der Waals surface area contributed by atoms with Crippen molar-refractivity contribution in [2.45, 2.75) is 14.7 Å². The highest BCUT2D eigenvalue weighted by Crippen LogP contribution is 2.42. The Hall–Kier alpha value is -5.23. The van der Waals surface area contributed by atoms with Crippen molar-refractivity contribution >= 4 is 81.5 Å². The van der Waals surface area contributed by atoms with Gasteiger partial charge in [0.25, 0.3) is 30.4 Å². The van der Waals surface area contributed by atoms with E-state index in [-0.39, 0.29) is 28.4 Å². The van der Waals surface area contributed by atoms with Gasteiger partial charge in [0.1, 0.15) is 26.9 Å². The fourth-order valence-corrected chi connectivity index (χ4v) is 6.23. The Morgan fingerprint density at radius 1 is 0.680 bits per heavy atom. The third kappa shape index (κ3) is 8.14. The van der Waals surface area contributed by atoms with Gasteiger partial charge in [0, 0.05) is 28.9 Å². The number of rotatable bonds is 10. The second-order valence-corrected chi connectivity index (χ2v) is 15.5. The fraction of sp³-hybridized carbons (Fsp3) is 0.107. The summed E-state index contributed by atoms with van der Waals surface area (Å²) in [5.41, 5.74) is 0.223. The summed E-state index contributed by atoms with van der Waals surface area (Å²) in [6.07, 6.45) is -1.18. The van der Waals surface area contributed by atoms with Crippen molar-refractivity contribution in [3.8, 4) is 5.75 Å². The summed E-state index contributed by atoms with van der Waals surface area (Å²) in [6, 6.07) is 13.7. The smallest absolute Gasteiger partial charge is 0.315 e. The summed E-state index contributed by atoms with van der Waals surface area (Å²) in [6.45, 7) is 0. The maximum absolute atomic E-state index is 14.4. The van der Waals surface area contributed by atoms with Crippen LogP contribution in [0, 0.1) is 6.08 Å². The number of aromatic hydroxyl groups is 1. The van der Waals surface area contributed by atoms with Crippen molar-refractivity contribution in [3.63, 3.8) is 0 Å². The van der Waals surface area contributed by atoms with Crippen LogP contribution < -0.4 is 15.1 Å². The number of phenols is 1.